The Labute approximate surface area is 109 Å². The van der Waals surface area contributed by atoms with Crippen LogP contribution in [0, 0.1) is 11.3 Å². The van der Waals surface area contributed by atoms with Gasteiger partial charge < -0.3 is 10.2 Å². The van der Waals surface area contributed by atoms with Crippen LogP contribution in [0.15, 0.2) is 36.0 Å². The number of rotatable bonds is 3. The normalized spacial score (nSPS) is 28.7. The van der Waals surface area contributed by atoms with Crippen molar-refractivity contribution in [1.82, 2.24) is 0 Å². The molecule has 18 heavy (non-hydrogen) atoms. The van der Waals surface area contributed by atoms with Crippen LogP contribution in [0.2, 0.25) is 0 Å². The Balaban J connectivity index is 2.90. The van der Waals surface area contributed by atoms with Crippen molar-refractivity contribution >= 4 is 5.97 Å². The van der Waals surface area contributed by atoms with E-state index in [0.717, 1.165) is 18.4 Å². The first-order valence-corrected chi connectivity index (χ1v) is 6.20. The van der Waals surface area contributed by atoms with Gasteiger partial charge in [0.2, 0.25) is 0 Å². The fourth-order valence-corrected chi connectivity index (χ4v) is 2.46. The van der Waals surface area contributed by atoms with E-state index in [-0.39, 0.29) is 17.4 Å². The molecule has 2 atom stereocenters. The molecule has 3 heteroatoms. The van der Waals surface area contributed by atoms with Gasteiger partial charge in [0.05, 0.1) is 6.10 Å². The molecule has 0 heterocycles. The maximum atomic E-state index is 10.5. The first-order valence-electron chi connectivity index (χ1n) is 6.20. The highest BCUT2D eigenvalue weighted by Gasteiger charge is 2.39. The average molecular weight is 250 g/mol. The third-order valence-corrected chi connectivity index (χ3v) is 3.74. The van der Waals surface area contributed by atoms with Crippen molar-refractivity contribution in [3.8, 4) is 0 Å². The summed E-state index contributed by atoms with van der Waals surface area (Å²) in [7, 11) is 0. The molecule has 1 aliphatic carbocycles. The van der Waals surface area contributed by atoms with E-state index in [2.05, 4.69) is 6.58 Å². The van der Waals surface area contributed by atoms with Gasteiger partial charge in [-0.05, 0) is 25.3 Å². The summed E-state index contributed by atoms with van der Waals surface area (Å²) in [5.74, 6) is -0.864. The van der Waals surface area contributed by atoms with E-state index < -0.39 is 5.97 Å². The highest BCUT2D eigenvalue weighted by molar-refractivity contribution is 5.81. The summed E-state index contributed by atoms with van der Waals surface area (Å²) in [6.45, 7) is 9.86. The second-order valence-electron chi connectivity index (χ2n) is 5.60. The molecule has 0 saturated heterocycles. The lowest BCUT2D eigenvalue weighted by molar-refractivity contribution is -0.131. The monoisotopic (exact) mass is 250 g/mol. The van der Waals surface area contributed by atoms with Crippen LogP contribution in [-0.4, -0.2) is 22.3 Å². The summed E-state index contributed by atoms with van der Waals surface area (Å²) < 4.78 is 0. The van der Waals surface area contributed by atoms with Crippen molar-refractivity contribution in [2.75, 3.05) is 0 Å². The van der Waals surface area contributed by atoms with Gasteiger partial charge in [-0.3, -0.25) is 0 Å². The van der Waals surface area contributed by atoms with E-state index in [1.807, 2.05) is 19.9 Å². The molecule has 0 aliphatic heterocycles. The van der Waals surface area contributed by atoms with E-state index in [0.29, 0.717) is 5.57 Å². The zero-order chi connectivity index (χ0) is 13.9. The number of aliphatic hydroxyl groups is 1. The standard InChI is InChI=1S/C15H22O3/c1-10(9-14(17)18)5-7-12-11(2)6-8-13(16)15(12,3)4/h5,7,9,12-13,16H,2,6,8H2,1,3-4H3,(H,17,18)/t12-,13-/m0/s1. The fourth-order valence-electron chi connectivity index (χ4n) is 2.46. The summed E-state index contributed by atoms with van der Waals surface area (Å²) in [6.07, 6.45) is 6.15. The Morgan fingerprint density at radius 1 is 1.50 bits per heavy atom. The van der Waals surface area contributed by atoms with E-state index in [4.69, 9.17) is 5.11 Å². The van der Waals surface area contributed by atoms with Crippen molar-refractivity contribution in [3.63, 3.8) is 0 Å². The zero-order valence-corrected chi connectivity index (χ0v) is 11.3. The van der Waals surface area contributed by atoms with Crippen molar-refractivity contribution in [2.24, 2.45) is 11.3 Å². The van der Waals surface area contributed by atoms with Crippen LogP contribution in [0.1, 0.15) is 33.6 Å². The molecule has 0 unspecified atom stereocenters. The van der Waals surface area contributed by atoms with Crippen LogP contribution in [-0.2, 0) is 4.79 Å². The molecule has 0 bridgehead atoms. The first-order chi connectivity index (χ1) is 8.25. The Bertz CT molecular complexity index is 402. The number of carbonyl (C=O) groups is 1. The Morgan fingerprint density at radius 2 is 2.11 bits per heavy atom. The van der Waals surface area contributed by atoms with Gasteiger partial charge in [0, 0.05) is 17.4 Å². The second kappa shape index (κ2) is 5.53. The van der Waals surface area contributed by atoms with E-state index in [9.17, 15) is 9.90 Å². The van der Waals surface area contributed by atoms with Crippen molar-refractivity contribution < 1.29 is 15.0 Å². The van der Waals surface area contributed by atoms with Gasteiger partial charge in [0.25, 0.3) is 0 Å². The largest absolute Gasteiger partial charge is 0.478 e. The minimum absolute atomic E-state index is 0.0818. The van der Waals surface area contributed by atoms with E-state index in [1.54, 1.807) is 13.0 Å². The van der Waals surface area contributed by atoms with Crippen LogP contribution in [0.3, 0.4) is 0 Å². The number of aliphatic carboxylic acids is 1. The summed E-state index contributed by atoms with van der Waals surface area (Å²) in [5.41, 5.74) is 1.53. The molecule has 1 aliphatic rings. The Hall–Kier alpha value is -1.35. The molecule has 1 saturated carbocycles. The molecule has 1 rings (SSSR count). The van der Waals surface area contributed by atoms with Crippen LogP contribution >= 0.6 is 0 Å². The van der Waals surface area contributed by atoms with E-state index in [1.165, 1.54) is 6.08 Å². The quantitative estimate of drug-likeness (QED) is 0.460. The Morgan fingerprint density at radius 3 is 2.67 bits per heavy atom. The highest BCUT2D eigenvalue weighted by Crippen LogP contribution is 2.44. The number of hydrogen-bond donors (Lipinski definition) is 2. The summed E-state index contributed by atoms with van der Waals surface area (Å²) in [4.78, 5) is 10.5. The van der Waals surface area contributed by atoms with Gasteiger partial charge in [0.1, 0.15) is 0 Å². The second-order valence-corrected chi connectivity index (χ2v) is 5.60. The molecule has 0 radical (unpaired) electrons. The van der Waals surface area contributed by atoms with Crippen LogP contribution in [0.25, 0.3) is 0 Å². The lowest BCUT2D eigenvalue weighted by atomic mass is 9.65. The van der Waals surface area contributed by atoms with Crippen molar-refractivity contribution in [1.29, 1.82) is 0 Å². The van der Waals surface area contributed by atoms with Crippen molar-refractivity contribution in [3.05, 3.63) is 36.0 Å². The lowest BCUT2D eigenvalue weighted by Gasteiger charge is -2.42. The lowest BCUT2D eigenvalue weighted by Crippen LogP contribution is -2.40. The summed E-state index contributed by atoms with van der Waals surface area (Å²) in [5, 5.41) is 18.7. The van der Waals surface area contributed by atoms with Gasteiger partial charge in [-0.25, -0.2) is 4.79 Å². The van der Waals surface area contributed by atoms with Crippen LogP contribution < -0.4 is 0 Å². The summed E-state index contributed by atoms with van der Waals surface area (Å²) >= 11 is 0. The molecule has 2 N–H and O–H groups in total. The van der Waals surface area contributed by atoms with Crippen molar-refractivity contribution in [2.45, 2.75) is 39.7 Å². The van der Waals surface area contributed by atoms with Crippen LogP contribution in [0.5, 0.6) is 0 Å². The number of hydrogen-bond acceptors (Lipinski definition) is 2. The minimum atomic E-state index is -0.945. The number of carboxylic acids is 1. The smallest absolute Gasteiger partial charge is 0.328 e. The average Bonchev–Trinajstić information content (AvgIpc) is 2.22. The van der Waals surface area contributed by atoms with Gasteiger partial charge >= 0.3 is 5.97 Å². The topological polar surface area (TPSA) is 57.5 Å². The first kappa shape index (κ1) is 14.7. The predicted molar refractivity (Wildman–Crippen MR) is 72.2 cm³/mol. The molecule has 3 nitrogen and oxygen atoms in total. The van der Waals surface area contributed by atoms with Gasteiger partial charge in [-0.15, -0.1) is 0 Å². The molecule has 100 valence electrons. The third-order valence-electron chi connectivity index (χ3n) is 3.74. The van der Waals surface area contributed by atoms with Gasteiger partial charge in [-0.2, -0.15) is 0 Å². The minimum Gasteiger partial charge on any atom is -0.478 e. The molecule has 0 spiro atoms. The molecular weight excluding hydrogens is 228 g/mol. The SMILES string of the molecule is C=C1CC[C@H](O)C(C)(C)[C@H]1C=CC(C)=CC(=O)O. The number of allylic oxidation sites excluding steroid dienone is 4. The molecular formula is C15H22O3. The van der Waals surface area contributed by atoms with E-state index >= 15 is 0 Å². The fraction of sp³-hybridized carbons (Fsp3) is 0.533. The number of carboxylic acid groups (broad SMARTS) is 1. The third kappa shape index (κ3) is 3.33. The van der Waals surface area contributed by atoms with Gasteiger partial charge in [0.15, 0.2) is 0 Å². The molecule has 0 aromatic carbocycles. The summed E-state index contributed by atoms with van der Waals surface area (Å²) in [6, 6.07) is 0. The molecule has 1 fully saturated rings. The zero-order valence-electron chi connectivity index (χ0n) is 11.3. The van der Waals surface area contributed by atoms with Crippen LogP contribution in [0.4, 0.5) is 0 Å². The molecule has 0 aromatic rings. The maximum Gasteiger partial charge on any atom is 0.328 e. The molecule has 0 aromatic heterocycles. The van der Waals surface area contributed by atoms with Gasteiger partial charge in [-0.1, -0.05) is 38.2 Å². The maximum absolute atomic E-state index is 10.5. The molecule has 0 amide bonds. The highest BCUT2D eigenvalue weighted by atomic mass is 16.4. The number of aliphatic hydroxyl groups excluding tert-OH is 1. The predicted octanol–water partition coefficient (Wildman–Crippen LogP) is 2.93. The Kier molecular flexibility index (Phi) is 4.52.